The molecule has 1 heterocycles. The SMILES string of the molecule is C[C@H](CO)Nc1nc(Nc2cccc(S(=O)(=O)NCCC(c3ccccc3)c3ccccc3)c2)ncc1Br. The highest BCUT2D eigenvalue weighted by atomic mass is 79.9. The maximum Gasteiger partial charge on any atom is 0.240 e. The Morgan fingerprint density at radius 2 is 1.61 bits per heavy atom. The van der Waals surface area contributed by atoms with Crippen LogP contribution in [0.15, 0.2) is 100 Å². The van der Waals surface area contributed by atoms with Crippen LogP contribution >= 0.6 is 15.9 Å². The molecule has 3 aromatic carbocycles. The van der Waals surface area contributed by atoms with E-state index in [2.05, 4.69) is 65.5 Å². The van der Waals surface area contributed by atoms with E-state index in [1.165, 1.54) is 0 Å². The average Bonchev–Trinajstić information content (AvgIpc) is 2.94. The predicted octanol–water partition coefficient (Wildman–Crippen LogP) is 5.28. The lowest BCUT2D eigenvalue weighted by molar-refractivity contribution is 0.281. The number of aliphatic hydroxyl groups excluding tert-OH is 1. The summed E-state index contributed by atoms with van der Waals surface area (Å²) in [5, 5.41) is 15.4. The van der Waals surface area contributed by atoms with Gasteiger partial charge in [-0.1, -0.05) is 66.7 Å². The third-order valence-corrected chi connectivity index (χ3v) is 7.97. The number of aliphatic hydroxyl groups is 1. The van der Waals surface area contributed by atoms with Gasteiger partial charge in [0.25, 0.3) is 0 Å². The van der Waals surface area contributed by atoms with Crippen LogP contribution in [0, 0.1) is 0 Å². The fourth-order valence-electron chi connectivity index (χ4n) is 4.00. The van der Waals surface area contributed by atoms with Gasteiger partial charge in [-0.2, -0.15) is 4.98 Å². The minimum absolute atomic E-state index is 0.0520. The Kier molecular flexibility index (Phi) is 9.46. The van der Waals surface area contributed by atoms with E-state index in [9.17, 15) is 13.5 Å². The second kappa shape index (κ2) is 13.0. The summed E-state index contributed by atoms with van der Waals surface area (Å²) in [6.07, 6.45) is 2.19. The maximum atomic E-state index is 13.1. The van der Waals surface area contributed by atoms with E-state index in [0.717, 1.165) is 11.1 Å². The lowest BCUT2D eigenvalue weighted by atomic mass is 9.89. The Morgan fingerprint density at radius 1 is 0.947 bits per heavy atom. The summed E-state index contributed by atoms with van der Waals surface area (Å²) in [5.41, 5.74) is 2.81. The summed E-state index contributed by atoms with van der Waals surface area (Å²) in [4.78, 5) is 8.81. The molecule has 1 aromatic heterocycles. The second-order valence-electron chi connectivity index (χ2n) is 8.83. The molecular weight excluding hydrogens is 566 g/mol. The first-order valence-corrected chi connectivity index (χ1v) is 14.5. The lowest BCUT2D eigenvalue weighted by Gasteiger charge is -2.18. The molecule has 0 bridgehead atoms. The van der Waals surface area contributed by atoms with Crippen LogP contribution in [0.3, 0.4) is 0 Å². The molecule has 0 unspecified atom stereocenters. The maximum absolute atomic E-state index is 13.1. The molecule has 10 heteroatoms. The van der Waals surface area contributed by atoms with Crippen molar-refractivity contribution in [2.24, 2.45) is 0 Å². The third-order valence-electron chi connectivity index (χ3n) is 5.93. The molecule has 0 fully saturated rings. The van der Waals surface area contributed by atoms with Crippen molar-refractivity contribution in [2.75, 3.05) is 23.8 Å². The molecule has 0 aliphatic heterocycles. The van der Waals surface area contributed by atoms with Gasteiger partial charge in [0.1, 0.15) is 5.82 Å². The molecule has 8 nitrogen and oxygen atoms in total. The molecule has 0 amide bonds. The normalized spacial score (nSPS) is 12.3. The van der Waals surface area contributed by atoms with Gasteiger partial charge in [-0.05, 0) is 58.6 Å². The molecule has 38 heavy (non-hydrogen) atoms. The molecule has 0 saturated carbocycles. The van der Waals surface area contributed by atoms with Crippen molar-refractivity contribution in [3.05, 3.63) is 107 Å². The van der Waals surface area contributed by atoms with Gasteiger partial charge in [-0.15, -0.1) is 0 Å². The summed E-state index contributed by atoms with van der Waals surface area (Å²) in [5.74, 6) is 0.872. The fourth-order valence-corrected chi connectivity index (χ4v) is 5.39. The van der Waals surface area contributed by atoms with Crippen LogP contribution in [0.2, 0.25) is 0 Å². The monoisotopic (exact) mass is 595 g/mol. The van der Waals surface area contributed by atoms with Crippen molar-refractivity contribution in [2.45, 2.75) is 30.2 Å². The van der Waals surface area contributed by atoms with Gasteiger partial charge in [0.05, 0.1) is 16.0 Å². The molecule has 0 aliphatic rings. The summed E-state index contributed by atoms with van der Waals surface area (Å²) >= 11 is 3.39. The smallest absolute Gasteiger partial charge is 0.240 e. The van der Waals surface area contributed by atoms with E-state index >= 15 is 0 Å². The van der Waals surface area contributed by atoms with E-state index in [-0.39, 0.29) is 36.0 Å². The topological polar surface area (TPSA) is 116 Å². The molecule has 0 aliphatic carbocycles. The van der Waals surface area contributed by atoms with Gasteiger partial charge < -0.3 is 15.7 Å². The van der Waals surface area contributed by atoms with E-state index in [1.807, 2.05) is 43.3 Å². The molecule has 1 atom stereocenters. The number of nitrogens with one attached hydrogen (secondary N) is 3. The molecule has 198 valence electrons. The van der Waals surface area contributed by atoms with Crippen molar-refractivity contribution in [1.29, 1.82) is 0 Å². The number of benzene rings is 3. The standard InChI is InChI=1S/C28H30BrN5O3S/c1-20(19-35)32-27-26(29)18-30-28(34-27)33-23-13-8-14-24(17-23)38(36,37)31-16-15-25(21-9-4-2-5-10-21)22-11-6-3-7-12-22/h2-14,17-18,20,25,31,35H,15-16,19H2,1H3,(H2,30,32,33,34)/t20-/m1/s1. The minimum atomic E-state index is -3.75. The van der Waals surface area contributed by atoms with Gasteiger partial charge in [-0.3, -0.25) is 0 Å². The van der Waals surface area contributed by atoms with Gasteiger partial charge >= 0.3 is 0 Å². The zero-order chi connectivity index (χ0) is 27.0. The average molecular weight is 597 g/mol. The zero-order valence-electron chi connectivity index (χ0n) is 20.9. The number of halogens is 1. The van der Waals surface area contributed by atoms with Crippen LogP contribution in [0.1, 0.15) is 30.4 Å². The van der Waals surface area contributed by atoms with Crippen LogP contribution in [0.25, 0.3) is 0 Å². The van der Waals surface area contributed by atoms with E-state index in [4.69, 9.17) is 0 Å². The predicted molar refractivity (Wildman–Crippen MR) is 154 cm³/mol. The Bertz CT molecular complexity index is 1400. The van der Waals surface area contributed by atoms with Crippen molar-refractivity contribution in [3.8, 4) is 0 Å². The van der Waals surface area contributed by atoms with Crippen LogP contribution in [0.5, 0.6) is 0 Å². The van der Waals surface area contributed by atoms with Crippen molar-refractivity contribution in [3.63, 3.8) is 0 Å². The number of hydrogen-bond acceptors (Lipinski definition) is 7. The van der Waals surface area contributed by atoms with Gasteiger partial charge in [0, 0.05) is 30.4 Å². The first-order chi connectivity index (χ1) is 18.4. The lowest BCUT2D eigenvalue weighted by Crippen LogP contribution is -2.26. The number of nitrogens with zero attached hydrogens (tertiary/aromatic N) is 2. The highest BCUT2D eigenvalue weighted by Crippen LogP contribution is 2.28. The number of hydrogen-bond donors (Lipinski definition) is 4. The largest absolute Gasteiger partial charge is 0.394 e. The molecule has 4 rings (SSSR count). The summed E-state index contributed by atoms with van der Waals surface area (Å²) < 4.78 is 29.7. The van der Waals surface area contributed by atoms with Gasteiger partial charge in [0.2, 0.25) is 16.0 Å². The Hall–Kier alpha value is -3.31. The number of aromatic nitrogens is 2. The van der Waals surface area contributed by atoms with E-state index in [0.29, 0.717) is 22.4 Å². The summed E-state index contributed by atoms with van der Waals surface area (Å²) in [7, 11) is -3.75. The molecular formula is C28H30BrN5O3S. The molecule has 0 radical (unpaired) electrons. The molecule has 4 N–H and O–H groups in total. The molecule has 4 aromatic rings. The van der Waals surface area contributed by atoms with Crippen molar-refractivity contribution in [1.82, 2.24) is 14.7 Å². The van der Waals surface area contributed by atoms with E-state index < -0.39 is 10.0 Å². The van der Waals surface area contributed by atoms with Crippen molar-refractivity contribution >= 4 is 43.4 Å². The highest BCUT2D eigenvalue weighted by Gasteiger charge is 2.18. The quantitative estimate of drug-likeness (QED) is 0.176. The van der Waals surface area contributed by atoms with Gasteiger partial charge in [0.15, 0.2) is 0 Å². The Morgan fingerprint density at radius 3 is 2.24 bits per heavy atom. The van der Waals surface area contributed by atoms with Crippen LogP contribution < -0.4 is 15.4 Å². The number of sulfonamides is 1. The number of anilines is 3. The Labute approximate surface area is 231 Å². The number of rotatable bonds is 12. The van der Waals surface area contributed by atoms with Crippen molar-refractivity contribution < 1.29 is 13.5 Å². The van der Waals surface area contributed by atoms with Crippen LogP contribution in [-0.4, -0.2) is 42.7 Å². The minimum Gasteiger partial charge on any atom is -0.394 e. The highest BCUT2D eigenvalue weighted by molar-refractivity contribution is 9.10. The third kappa shape index (κ3) is 7.38. The first kappa shape index (κ1) is 27.7. The fraction of sp³-hybridized carbons (Fsp3) is 0.214. The molecule has 0 spiro atoms. The van der Waals surface area contributed by atoms with Crippen LogP contribution in [0.4, 0.5) is 17.5 Å². The zero-order valence-corrected chi connectivity index (χ0v) is 23.3. The van der Waals surface area contributed by atoms with E-state index in [1.54, 1.807) is 30.5 Å². The Balaban J connectivity index is 1.45. The van der Waals surface area contributed by atoms with Gasteiger partial charge in [-0.25, -0.2) is 18.1 Å². The summed E-state index contributed by atoms with van der Waals surface area (Å²) in [6.45, 7) is 2.05. The molecule has 0 saturated heterocycles. The second-order valence-corrected chi connectivity index (χ2v) is 11.5. The first-order valence-electron chi connectivity index (χ1n) is 12.2. The van der Waals surface area contributed by atoms with Crippen LogP contribution in [-0.2, 0) is 10.0 Å². The summed E-state index contributed by atoms with van der Waals surface area (Å²) in [6, 6.07) is 26.5.